The largest absolute Gasteiger partial charge is 0.466 e. The van der Waals surface area contributed by atoms with Gasteiger partial charge in [0, 0.05) is 0 Å². The van der Waals surface area contributed by atoms with Gasteiger partial charge in [0.1, 0.15) is 0 Å². The molecule has 0 N–H and O–H groups in total. The summed E-state index contributed by atoms with van der Waals surface area (Å²) in [7, 11) is 0. The number of hydrogen-bond donors (Lipinski definition) is 0. The molecule has 116 valence electrons. The molecule has 1 aliphatic carbocycles. The van der Waals surface area contributed by atoms with E-state index in [1.807, 2.05) is 27.7 Å². The molecule has 1 fully saturated rings. The number of hydrogen-bond acceptors (Lipinski definition) is 4. The summed E-state index contributed by atoms with van der Waals surface area (Å²) in [5, 5.41) is 0. The third-order valence-electron chi connectivity index (χ3n) is 4.91. The summed E-state index contributed by atoms with van der Waals surface area (Å²) in [6, 6.07) is 0. The Bertz CT molecular complexity index is 318. The van der Waals surface area contributed by atoms with Crippen molar-refractivity contribution in [2.45, 2.75) is 66.2 Å². The first-order valence-corrected chi connectivity index (χ1v) is 7.89. The van der Waals surface area contributed by atoms with E-state index in [0.717, 1.165) is 25.7 Å². The van der Waals surface area contributed by atoms with Gasteiger partial charge in [-0.15, -0.1) is 0 Å². The van der Waals surface area contributed by atoms with Crippen LogP contribution in [0.4, 0.5) is 0 Å². The molecule has 0 heterocycles. The van der Waals surface area contributed by atoms with E-state index >= 15 is 0 Å². The Morgan fingerprint density at radius 2 is 1.15 bits per heavy atom. The van der Waals surface area contributed by atoms with Gasteiger partial charge in [0.15, 0.2) is 0 Å². The van der Waals surface area contributed by atoms with E-state index in [9.17, 15) is 9.59 Å². The second kappa shape index (κ2) is 7.09. The predicted octanol–water partition coefficient (Wildman–Crippen LogP) is 3.48. The molecule has 2 unspecified atom stereocenters. The smallest absolute Gasteiger partial charge is 0.313 e. The standard InChI is InChI=1S/C16H28O4/c1-5-15(13(17)19-7-3)11-9-10-12-16(15,6-2)14(18)20-8-4/h5-12H2,1-4H3. The summed E-state index contributed by atoms with van der Waals surface area (Å²) < 4.78 is 10.6. The molecular formula is C16H28O4. The second-order valence-corrected chi connectivity index (χ2v) is 5.52. The van der Waals surface area contributed by atoms with Gasteiger partial charge in [0.2, 0.25) is 0 Å². The van der Waals surface area contributed by atoms with Gasteiger partial charge in [0.05, 0.1) is 24.0 Å². The van der Waals surface area contributed by atoms with Crippen molar-refractivity contribution in [2.24, 2.45) is 10.8 Å². The van der Waals surface area contributed by atoms with Crippen LogP contribution in [0.3, 0.4) is 0 Å². The van der Waals surface area contributed by atoms with Gasteiger partial charge in [-0.3, -0.25) is 9.59 Å². The maximum Gasteiger partial charge on any atom is 0.313 e. The molecule has 0 saturated heterocycles. The van der Waals surface area contributed by atoms with Gasteiger partial charge >= 0.3 is 11.9 Å². The summed E-state index contributed by atoms with van der Waals surface area (Å²) in [5.74, 6) is -0.450. The molecule has 0 radical (unpaired) electrons. The fourth-order valence-electron chi connectivity index (χ4n) is 3.78. The number of ether oxygens (including phenoxy) is 2. The zero-order chi connectivity index (χ0) is 15.2. The van der Waals surface area contributed by atoms with Crippen molar-refractivity contribution < 1.29 is 19.1 Å². The zero-order valence-electron chi connectivity index (χ0n) is 13.3. The lowest BCUT2D eigenvalue weighted by Crippen LogP contribution is -2.55. The van der Waals surface area contributed by atoms with Gasteiger partial charge in [-0.2, -0.15) is 0 Å². The Hall–Kier alpha value is -1.06. The quantitative estimate of drug-likeness (QED) is 0.701. The van der Waals surface area contributed by atoms with Crippen LogP contribution in [-0.2, 0) is 19.1 Å². The first-order chi connectivity index (χ1) is 9.54. The van der Waals surface area contributed by atoms with Crippen molar-refractivity contribution >= 4 is 11.9 Å². The Morgan fingerprint density at radius 3 is 1.40 bits per heavy atom. The molecule has 0 aromatic heterocycles. The highest BCUT2D eigenvalue weighted by atomic mass is 16.5. The Morgan fingerprint density at radius 1 is 0.800 bits per heavy atom. The molecule has 0 spiro atoms. The average Bonchev–Trinajstić information content (AvgIpc) is 2.47. The van der Waals surface area contributed by atoms with Gasteiger partial charge in [-0.05, 0) is 39.5 Å². The van der Waals surface area contributed by atoms with Gasteiger partial charge in [0.25, 0.3) is 0 Å². The summed E-state index contributed by atoms with van der Waals surface area (Å²) in [6.45, 7) is 8.27. The van der Waals surface area contributed by atoms with Crippen molar-refractivity contribution in [1.82, 2.24) is 0 Å². The summed E-state index contributed by atoms with van der Waals surface area (Å²) in [4.78, 5) is 25.2. The van der Waals surface area contributed by atoms with Crippen LogP contribution in [0.2, 0.25) is 0 Å². The Balaban J connectivity index is 3.26. The first kappa shape index (κ1) is 17.0. The first-order valence-electron chi connectivity index (χ1n) is 7.89. The van der Waals surface area contributed by atoms with E-state index in [1.165, 1.54) is 0 Å². The minimum absolute atomic E-state index is 0.225. The maximum absolute atomic E-state index is 12.6. The third-order valence-corrected chi connectivity index (χ3v) is 4.91. The van der Waals surface area contributed by atoms with E-state index in [1.54, 1.807) is 0 Å². The second-order valence-electron chi connectivity index (χ2n) is 5.52. The predicted molar refractivity (Wildman–Crippen MR) is 77.2 cm³/mol. The number of carbonyl (C=O) groups is 2. The van der Waals surface area contributed by atoms with E-state index in [2.05, 4.69) is 0 Å². The molecule has 0 amide bonds. The normalized spacial score (nSPS) is 29.8. The van der Waals surface area contributed by atoms with Gasteiger partial charge in [-0.1, -0.05) is 26.7 Å². The molecule has 4 heteroatoms. The van der Waals surface area contributed by atoms with Crippen molar-refractivity contribution in [1.29, 1.82) is 0 Å². The molecule has 20 heavy (non-hydrogen) atoms. The summed E-state index contributed by atoms with van der Waals surface area (Å²) in [6.07, 6.45) is 4.61. The van der Waals surface area contributed by atoms with Crippen LogP contribution in [0, 0.1) is 10.8 Å². The fourth-order valence-corrected chi connectivity index (χ4v) is 3.78. The lowest BCUT2D eigenvalue weighted by Gasteiger charge is -2.49. The van der Waals surface area contributed by atoms with E-state index in [-0.39, 0.29) is 11.9 Å². The molecule has 1 aliphatic rings. The number of rotatable bonds is 6. The van der Waals surface area contributed by atoms with Crippen LogP contribution in [-0.4, -0.2) is 25.2 Å². The highest BCUT2D eigenvalue weighted by Gasteiger charge is 2.61. The van der Waals surface area contributed by atoms with Crippen molar-refractivity contribution in [3.8, 4) is 0 Å². The van der Waals surface area contributed by atoms with E-state index in [0.29, 0.717) is 26.1 Å². The van der Waals surface area contributed by atoms with Gasteiger partial charge in [-0.25, -0.2) is 0 Å². The molecule has 0 aromatic carbocycles. The summed E-state index contributed by atoms with van der Waals surface area (Å²) in [5.41, 5.74) is -1.44. The third kappa shape index (κ3) is 2.57. The van der Waals surface area contributed by atoms with Crippen LogP contribution in [0.25, 0.3) is 0 Å². The molecule has 1 rings (SSSR count). The molecule has 1 saturated carbocycles. The van der Waals surface area contributed by atoms with Crippen LogP contribution >= 0.6 is 0 Å². The van der Waals surface area contributed by atoms with Gasteiger partial charge < -0.3 is 9.47 Å². The van der Waals surface area contributed by atoms with Crippen LogP contribution in [0.5, 0.6) is 0 Å². The highest BCUT2D eigenvalue weighted by Crippen LogP contribution is 2.56. The minimum Gasteiger partial charge on any atom is -0.466 e. The topological polar surface area (TPSA) is 52.6 Å². The number of esters is 2. The highest BCUT2D eigenvalue weighted by molar-refractivity contribution is 5.88. The molecule has 0 aliphatic heterocycles. The van der Waals surface area contributed by atoms with Crippen molar-refractivity contribution in [3.63, 3.8) is 0 Å². The van der Waals surface area contributed by atoms with Crippen LogP contribution in [0.1, 0.15) is 66.2 Å². The zero-order valence-corrected chi connectivity index (χ0v) is 13.3. The fraction of sp³-hybridized carbons (Fsp3) is 0.875. The molecule has 4 nitrogen and oxygen atoms in total. The maximum atomic E-state index is 12.6. The van der Waals surface area contributed by atoms with Crippen LogP contribution in [0.15, 0.2) is 0 Å². The average molecular weight is 284 g/mol. The van der Waals surface area contributed by atoms with Crippen molar-refractivity contribution in [2.75, 3.05) is 13.2 Å². The van der Waals surface area contributed by atoms with E-state index < -0.39 is 10.8 Å². The molecule has 2 atom stereocenters. The lowest BCUT2D eigenvalue weighted by molar-refractivity contribution is -0.188. The lowest BCUT2D eigenvalue weighted by atomic mass is 9.53. The Labute approximate surface area is 122 Å². The molecular weight excluding hydrogens is 256 g/mol. The summed E-state index contributed by atoms with van der Waals surface area (Å²) >= 11 is 0. The van der Waals surface area contributed by atoms with Crippen LogP contribution < -0.4 is 0 Å². The number of carbonyl (C=O) groups excluding carboxylic acids is 2. The van der Waals surface area contributed by atoms with E-state index in [4.69, 9.17) is 9.47 Å². The minimum atomic E-state index is -0.720. The Kier molecular flexibility index (Phi) is 6.03. The molecule has 0 aromatic rings. The monoisotopic (exact) mass is 284 g/mol. The SMILES string of the molecule is CCOC(=O)C1(CC)CCCCC1(CC)C(=O)OCC. The molecule has 0 bridgehead atoms. The van der Waals surface area contributed by atoms with Crippen molar-refractivity contribution in [3.05, 3.63) is 0 Å².